The number of hydrogen-bond acceptors (Lipinski definition) is 8. The number of allylic oxidation sites excluding steroid dienone is 4. The fourth-order valence-corrected chi connectivity index (χ4v) is 6.04. The Kier molecular flexibility index (Phi) is 6.96. The van der Waals surface area contributed by atoms with Crippen LogP contribution in [0, 0.1) is 5.41 Å². The molecule has 1 atom stereocenters. The molecular formula is C28H30FN7O2S. The minimum atomic E-state index is -0.789. The molecule has 1 unspecified atom stereocenters. The van der Waals surface area contributed by atoms with Crippen LogP contribution in [0.25, 0.3) is 11.8 Å². The number of carbonyl (C=O) groups excluding carboxylic acids is 1. The predicted molar refractivity (Wildman–Crippen MR) is 148 cm³/mol. The molecule has 11 heteroatoms. The Morgan fingerprint density at radius 2 is 2.10 bits per heavy atom. The maximum Gasteiger partial charge on any atom is 0.193 e. The molecule has 9 nitrogen and oxygen atoms in total. The van der Waals surface area contributed by atoms with Gasteiger partial charge in [-0.2, -0.15) is 14.6 Å². The van der Waals surface area contributed by atoms with Gasteiger partial charge in [0.2, 0.25) is 0 Å². The predicted octanol–water partition coefficient (Wildman–Crippen LogP) is 4.99. The summed E-state index contributed by atoms with van der Waals surface area (Å²) in [5.74, 6) is 0.561. The minimum Gasteiger partial charge on any atom is -0.405 e. The van der Waals surface area contributed by atoms with Gasteiger partial charge in [-0.1, -0.05) is 11.6 Å². The van der Waals surface area contributed by atoms with Crippen LogP contribution < -0.4 is 4.18 Å². The van der Waals surface area contributed by atoms with Gasteiger partial charge in [0.15, 0.2) is 23.8 Å². The molecule has 0 N–H and O–H groups in total. The van der Waals surface area contributed by atoms with Gasteiger partial charge in [0, 0.05) is 45.0 Å². The van der Waals surface area contributed by atoms with Crippen molar-refractivity contribution in [3.8, 4) is 5.75 Å². The van der Waals surface area contributed by atoms with Crippen LogP contribution >= 0.6 is 12.2 Å². The van der Waals surface area contributed by atoms with E-state index in [0.29, 0.717) is 43.7 Å². The summed E-state index contributed by atoms with van der Waals surface area (Å²) >= 11 is 1.21. The van der Waals surface area contributed by atoms with E-state index < -0.39 is 5.41 Å². The van der Waals surface area contributed by atoms with Gasteiger partial charge < -0.3 is 4.18 Å². The molecule has 202 valence electrons. The van der Waals surface area contributed by atoms with E-state index >= 15 is 0 Å². The van der Waals surface area contributed by atoms with E-state index in [-0.39, 0.29) is 11.6 Å². The normalized spacial score (nSPS) is 21.1. The number of aromatic nitrogens is 5. The Hall–Kier alpha value is -3.54. The molecular weight excluding hydrogens is 517 g/mol. The van der Waals surface area contributed by atoms with Gasteiger partial charge in [0.05, 0.1) is 29.7 Å². The molecule has 3 aromatic heterocycles. The third-order valence-corrected chi connectivity index (χ3v) is 8.36. The highest BCUT2D eigenvalue weighted by atomic mass is 32.2. The van der Waals surface area contributed by atoms with Gasteiger partial charge in [-0.15, -0.1) is 0 Å². The topological polar surface area (TPSA) is 81.3 Å². The Bertz CT molecular complexity index is 1480. The molecule has 3 aromatic rings. The number of carbonyl (C=O) groups is 1. The molecule has 1 aliphatic heterocycles. The molecule has 0 aromatic carbocycles. The van der Waals surface area contributed by atoms with Gasteiger partial charge in [-0.05, 0) is 62.1 Å². The third kappa shape index (κ3) is 4.86. The van der Waals surface area contributed by atoms with E-state index in [1.54, 1.807) is 24.5 Å². The highest BCUT2D eigenvalue weighted by Crippen LogP contribution is 2.47. The average Bonchev–Trinajstić information content (AvgIpc) is 3.61. The highest BCUT2D eigenvalue weighted by molar-refractivity contribution is 7.92. The van der Waals surface area contributed by atoms with E-state index in [4.69, 9.17) is 4.18 Å². The Balaban J connectivity index is 1.30. The van der Waals surface area contributed by atoms with Crippen LogP contribution in [0.4, 0.5) is 4.39 Å². The first-order chi connectivity index (χ1) is 19.0. The Morgan fingerprint density at radius 1 is 1.21 bits per heavy atom. The van der Waals surface area contributed by atoms with Crippen LogP contribution in [0.1, 0.15) is 47.9 Å². The summed E-state index contributed by atoms with van der Waals surface area (Å²) in [6.07, 6.45) is 14.7. The maximum atomic E-state index is 14.2. The summed E-state index contributed by atoms with van der Waals surface area (Å²) in [5.41, 5.74) is 3.67. The van der Waals surface area contributed by atoms with Crippen molar-refractivity contribution < 1.29 is 13.4 Å². The Morgan fingerprint density at radius 3 is 2.85 bits per heavy atom. The molecule has 4 heterocycles. The lowest BCUT2D eigenvalue weighted by atomic mass is 9.65. The highest BCUT2D eigenvalue weighted by Gasteiger charge is 2.50. The molecule has 6 rings (SSSR count). The molecule has 39 heavy (non-hydrogen) atoms. The number of fused-ring (bicyclic) bond motifs is 2. The lowest BCUT2D eigenvalue weighted by Crippen LogP contribution is -2.54. The number of nitrogens with zero attached hydrogens (tertiary/aromatic N) is 7. The zero-order valence-electron chi connectivity index (χ0n) is 22.0. The summed E-state index contributed by atoms with van der Waals surface area (Å²) in [5, 5.41) is 11.1. The second-order valence-electron chi connectivity index (χ2n) is 10.0. The van der Waals surface area contributed by atoms with E-state index in [2.05, 4.69) is 26.3 Å². The molecule has 0 radical (unpaired) electrons. The van der Waals surface area contributed by atoms with Crippen LogP contribution in [0.5, 0.6) is 5.75 Å². The van der Waals surface area contributed by atoms with Gasteiger partial charge in [0.1, 0.15) is 11.5 Å². The summed E-state index contributed by atoms with van der Waals surface area (Å²) in [6, 6.07) is 5.45. The minimum absolute atomic E-state index is 0.00266. The molecule has 3 aliphatic rings. The lowest BCUT2D eigenvalue weighted by Gasteiger charge is -2.47. The lowest BCUT2D eigenvalue weighted by molar-refractivity contribution is 0.0226. The van der Waals surface area contributed by atoms with Crippen molar-refractivity contribution in [3.63, 3.8) is 0 Å². The van der Waals surface area contributed by atoms with Crippen LogP contribution in [-0.2, 0) is 13.0 Å². The number of piperidine rings is 1. The number of hydrogen-bond donors (Lipinski definition) is 0. The molecule has 0 spiro atoms. The largest absolute Gasteiger partial charge is 0.405 e. The van der Waals surface area contributed by atoms with Crippen molar-refractivity contribution >= 4 is 29.8 Å². The van der Waals surface area contributed by atoms with Crippen LogP contribution in [-0.4, -0.2) is 59.9 Å². The summed E-state index contributed by atoms with van der Waals surface area (Å²) < 4.78 is 25.2. The maximum absolute atomic E-state index is 14.2. The van der Waals surface area contributed by atoms with Crippen LogP contribution in [0.15, 0.2) is 66.5 Å². The van der Waals surface area contributed by atoms with E-state index in [9.17, 15) is 9.18 Å². The molecule has 0 bridgehead atoms. The second-order valence-corrected chi connectivity index (χ2v) is 10.8. The summed E-state index contributed by atoms with van der Waals surface area (Å²) in [6.45, 7) is 4.00. The zero-order valence-corrected chi connectivity index (χ0v) is 22.8. The fourth-order valence-electron chi connectivity index (χ4n) is 5.52. The van der Waals surface area contributed by atoms with Crippen LogP contribution in [0.2, 0.25) is 0 Å². The first-order valence-corrected chi connectivity index (χ1v) is 13.8. The first-order valence-electron chi connectivity index (χ1n) is 13.1. The molecule has 1 fully saturated rings. The summed E-state index contributed by atoms with van der Waals surface area (Å²) in [7, 11) is 1.94. The smallest absolute Gasteiger partial charge is 0.193 e. The van der Waals surface area contributed by atoms with Gasteiger partial charge >= 0.3 is 0 Å². The number of hydrazine groups is 1. The second kappa shape index (κ2) is 10.6. The number of aryl methyl sites for hydroxylation is 1. The van der Waals surface area contributed by atoms with Crippen molar-refractivity contribution in [3.05, 3.63) is 83.5 Å². The van der Waals surface area contributed by atoms with Gasteiger partial charge in [-0.3, -0.25) is 14.5 Å². The van der Waals surface area contributed by atoms with Crippen LogP contribution in [0.3, 0.4) is 0 Å². The molecule has 2 aliphatic carbocycles. The quantitative estimate of drug-likeness (QED) is 0.222. The monoisotopic (exact) mass is 547 g/mol. The van der Waals surface area contributed by atoms with E-state index in [1.165, 1.54) is 18.3 Å². The number of halogens is 1. The number of pyridine rings is 1. The number of rotatable bonds is 8. The van der Waals surface area contributed by atoms with Crippen molar-refractivity contribution in [2.75, 3.05) is 20.1 Å². The standard InChI is InChI=1S/C28H30FN7O2S/c1-3-34-18-24(17-31-34)38-39-33(2)35-13-11-21-14-26-20(16-32-36(26)23-9-7-22(29)8-10-23)15-28(21,19-35)27(37)25-6-4-5-12-30-25/h4-7,9,12,14,16-18H,3,8,10-11,13,15,19H2,1-2H3. The zero-order chi connectivity index (χ0) is 27.0. The van der Waals surface area contributed by atoms with Gasteiger partial charge in [0.25, 0.3) is 0 Å². The number of Topliss-reactive ketones (excluding diaryl/α,β-unsaturated/α-hetero) is 1. The molecule has 0 saturated carbocycles. The molecule has 1 saturated heterocycles. The fraction of sp³-hybridized carbons (Fsp3) is 0.357. The van der Waals surface area contributed by atoms with E-state index in [0.717, 1.165) is 35.6 Å². The van der Waals surface area contributed by atoms with Crippen molar-refractivity contribution in [1.82, 2.24) is 34.0 Å². The number of ketones is 1. The average molecular weight is 548 g/mol. The van der Waals surface area contributed by atoms with Crippen molar-refractivity contribution in [1.29, 1.82) is 0 Å². The molecule has 0 amide bonds. The third-order valence-electron chi connectivity index (χ3n) is 7.65. The van der Waals surface area contributed by atoms with Crippen molar-refractivity contribution in [2.45, 2.75) is 39.2 Å². The van der Waals surface area contributed by atoms with Crippen molar-refractivity contribution in [2.24, 2.45) is 5.41 Å². The Labute approximate surface area is 230 Å². The van der Waals surface area contributed by atoms with Gasteiger partial charge in [-0.25, -0.2) is 14.1 Å². The SMILES string of the molecule is CCn1cc(OSN(C)N2CCC3=Cc4c(cnn4C4=CC=C(F)CC4)CC3(C(=O)c3ccccn3)C2)cn1. The summed E-state index contributed by atoms with van der Waals surface area (Å²) in [4.78, 5) is 18.6. The van der Waals surface area contributed by atoms with E-state index in [1.807, 2.05) is 52.3 Å². The first kappa shape index (κ1) is 25.7.